The molecule has 0 aromatic carbocycles. The topological polar surface area (TPSA) is 120 Å². The predicted molar refractivity (Wildman–Crippen MR) is 99.2 cm³/mol. The van der Waals surface area contributed by atoms with Crippen LogP contribution >= 0.6 is 11.3 Å². The highest BCUT2D eigenvalue weighted by Gasteiger charge is 2.39. The smallest absolute Gasteiger partial charge is 0.376 e. The molecule has 2 amide bonds. The van der Waals surface area contributed by atoms with Gasteiger partial charge in [-0.2, -0.15) is 18.2 Å². The third-order valence-corrected chi connectivity index (χ3v) is 6.54. The van der Waals surface area contributed by atoms with Crippen molar-refractivity contribution < 1.29 is 32.0 Å². The number of carbonyl (C=O) groups is 2. The first-order chi connectivity index (χ1) is 14.3. The number of alkyl halides is 3. The zero-order valence-electron chi connectivity index (χ0n) is 15.8. The standard InChI is InChI=1S/C18H19F3N4O4S/c19-18(20,21)17-24-15(29-25-17)12-10-5-6-28-7-11(10)30-16(12)23-14(27)9-4-2-1-3-8(9)13(22)26/h8-9H,1-7H2,(H2,22,26)(H,23,27)/t8-,9-/m0/s1. The SMILES string of the molecule is NC(=O)[C@H]1CCCC[C@@H]1C(=O)Nc1sc2c(c1-c1nc(C(F)(F)F)no1)CCOC2. The molecule has 2 atom stereocenters. The van der Waals surface area contributed by atoms with E-state index in [1.165, 1.54) is 11.3 Å². The molecule has 4 rings (SSSR count). The molecule has 1 saturated carbocycles. The molecular weight excluding hydrogens is 425 g/mol. The number of nitrogens with zero attached hydrogens (tertiary/aromatic N) is 2. The Kier molecular flexibility index (Phi) is 5.53. The van der Waals surface area contributed by atoms with Crippen molar-refractivity contribution in [1.82, 2.24) is 10.1 Å². The summed E-state index contributed by atoms with van der Waals surface area (Å²) in [5.41, 5.74) is 6.46. The fraction of sp³-hybridized carbons (Fsp3) is 0.556. The van der Waals surface area contributed by atoms with Crippen LogP contribution in [0.3, 0.4) is 0 Å². The van der Waals surface area contributed by atoms with Crippen LogP contribution in [-0.4, -0.2) is 28.6 Å². The van der Waals surface area contributed by atoms with Gasteiger partial charge in [0.1, 0.15) is 5.00 Å². The highest BCUT2D eigenvalue weighted by molar-refractivity contribution is 7.17. The second-order valence-electron chi connectivity index (χ2n) is 7.32. The van der Waals surface area contributed by atoms with E-state index in [4.69, 9.17) is 15.0 Å². The van der Waals surface area contributed by atoms with Gasteiger partial charge in [0.25, 0.3) is 11.7 Å². The summed E-state index contributed by atoms with van der Waals surface area (Å²) in [5.74, 6) is -3.78. The summed E-state index contributed by atoms with van der Waals surface area (Å²) in [7, 11) is 0. The second-order valence-corrected chi connectivity index (χ2v) is 8.43. The lowest BCUT2D eigenvalue weighted by atomic mass is 9.78. The number of nitrogens with one attached hydrogen (secondary N) is 1. The van der Waals surface area contributed by atoms with Gasteiger partial charge in [0, 0.05) is 16.7 Å². The van der Waals surface area contributed by atoms with Crippen LogP contribution in [0.25, 0.3) is 11.5 Å². The van der Waals surface area contributed by atoms with E-state index in [2.05, 4.69) is 15.5 Å². The second kappa shape index (κ2) is 7.99. The average Bonchev–Trinajstić information content (AvgIpc) is 3.32. The molecule has 2 aromatic rings. The molecule has 2 aromatic heterocycles. The summed E-state index contributed by atoms with van der Waals surface area (Å²) in [5, 5.41) is 6.11. The Labute approximate surface area is 173 Å². The Bertz CT molecular complexity index is 971. The van der Waals surface area contributed by atoms with Gasteiger partial charge in [0.05, 0.1) is 18.8 Å². The lowest BCUT2D eigenvalue weighted by Crippen LogP contribution is -2.39. The fourth-order valence-electron chi connectivity index (χ4n) is 3.98. The van der Waals surface area contributed by atoms with Crippen molar-refractivity contribution in [3.63, 3.8) is 0 Å². The van der Waals surface area contributed by atoms with Gasteiger partial charge in [-0.25, -0.2) is 0 Å². The van der Waals surface area contributed by atoms with E-state index in [1.54, 1.807) is 0 Å². The molecule has 0 saturated heterocycles. The molecule has 162 valence electrons. The maximum atomic E-state index is 13.0. The lowest BCUT2D eigenvalue weighted by molar-refractivity contribution is -0.146. The first-order valence-corrected chi connectivity index (χ1v) is 10.3. The van der Waals surface area contributed by atoms with Crippen LogP contribution in [0.1, 0.15) is 41.9 Å². The van der Waals surface area contributed by atoms with Gasteiger partial charge in [-0.1, -0.05) is 18.0 Å². The number of anilines is 1. The number of hydrogen-bond acceptors (Lipinski definition) is 7. The average molecular weight is 444 g/mol. The normalized spacial score (nSPS) is 21.8. The van der Waals surface area contributed by atoms with E-state index < -0.39 is 35.7 Å². The number of nitrogens with two attached hydrogens (primary N) is 1. The minimum absolute atomic E-state index is 0.274. The monoisotopic (exact) mass is 444 g/mol. The summed E-state index contributed by atoms with van der Waals surface area (Å²) in [6.07, 6.45) is -1.65. The van der Waals surface area contributed by atoms with E-state index in [9.17, 15) is 22.8 Å². The Morgan fingerprint density at radius 3 is 2.60 bits per heavy atom. The Balaban J connectivity index is 1.68. The molecule has 0 radical (unpaired) electrons. The zero-order valence-corrected chi connectivity index (χ0v) is 16.6. The minimum Gasteiger partial charge on any atom is -0.376 e. The molecule has 1 fully saturated rings. The number of aromatic nitrogens is 2. The molecule has 3 N–H and O–H groups in total. The number of ether oxygens (including phenoxy) is 1. The molecule has 0 unspecified atom stereocenters. The van der Waals surface area contributed by atoms with Crippen molar-refractivity contribution in [3.05, 3.63) is 16.3 Å². The quantitative estimate of drug-likeness (QED) is 0.748. The largest absolute Gasteiger partial charge is 0.455 e. The first kappa shape index (κ1) is 20.8. The number of hydrogen-bond donors (Lipinski definition) is 2. The van der Waals surface area contributed by atoms with Gasteiger partial charge in [-0.3, -0.25) is 9.59 Å². The molecule has 12 heteroatoms. The van der Waals surface area contributed by atoms with E-state index >= 15 is 0 Å². The maximum absolute atomic E-state index is 13.0. The molecule has 30 heavy (non-hydrogen) atoms. The van der Waals surface area contributed by atoms with Gasteiger partial charge in [0.15, 0.2) is 0 Å². The Morgan fingerprint density at radius 2 is 1.93 bits per heavy atom. The van der Waals surface area contributed by atoms with Crippen LogP contribution in [0.5, 0.6) is 0 Å². The lowest BCUT2D eigenvalue weighted by Gasteiger charge is -2.28. The third-order valence-electron chi connectivity index (χ3n) is 5.42. The summed E-state index contributed by atoms with van der Waals surface area (Å²) in [6, 6.07) is 0. The van der Waals surface area contributed by atoms with Crippen LogP contribution in [0.15, 0.2) is 4.52 Å². The van der Waals surface area contributed by atoms with Crippen LogP contribution in [0.4, 0.5) is 18.2 Å². The minimum atomic E-state index is -4.75. The molecule has 0 bridgehead atoms. The number of carbonyl (C=O) groups excluding carboxylic acids is 2. The number of rotatable bonds is 4. The Hall–Kier alpha value is -2.47. The highest BCUT2D eigenvalue weighted by atomic mass is 32.1. The van der Waals surface area contributed by atoms with E-state index in [-0.39, 0.29) is 18.1 Å². The van der Waals surface area contributed by atoms with Gasteiger partial charge < -0.3 is 20.3 Å². The van der Waals surface area contributed by atoms with Crippen LogP contribution in [-0.2, 0) is 33.5 Å². The van der Waals surface area contributed by atoms with E-state index in [0.29, 0.717) is 36.4 Å². The van der Waals surface area contributed by atoms with Crippen molar-refractivity contribution >= 4 is 28.2 Å². The van der Waals surface area contributed by atoms with Crippen LogP contribution < -0.4 is 11.1 Å². The first-order valence-electron chi connectivity index (χ1n) is 9.49. The molecular formula is C18H19F3N4O4S. The van der Waals surface area contributed by atoms with Crippen molar-refractivity contribution in [2.75, 3.05) is 11.9 Å². The number of primary amides is 1. The summed E-state index contributed by atoms with van der Waals surface area (Å²) < 4.78 is 49.1. The van der Waals surface area contributed by atoms with Gasteiger partial charge in [-0.05, 0) is 24.8 Å². The molecule has 1 aliphatic carbocycles. The number of halogens is 3. The summed E-state index contributed by atoms with van der Waals surface area (Å²) >= 11 is 1.19. The molecule has 1 aliphatic heterocycles. The third kappa shape index (κ3) is 3.93. The number of thiophene rings is 1. The van der Waals surface area contributed by atoms with Gasteiger partial charge in [0.2, 0.25) is 11.8 Å². The van der Waals surface area contributed by atoms with Gasteiger partial charge in [-0.15, -0.1) is 11.3 Å². The predicted octanol–water partition coefficient (Wildman–Crippen LogP) is 3.12. The Morgan fingerprint density at radius 1 is 1.20 bits per heavy atom. The van der Waals surface area contributed by atoms with Crippen molar-refractivity contribution in [2.24, 2.45) is 17.6 Å². The molecule has 2 aliphatic rings. The number of amides is 2. The maximum Gasteiger partial charge on any atom is 0.455 e. The fourth-order valence-corrected chi connectivity index (χ4v) is 5.16. The van der Waals surface area contributed by atoms with E-state index in [0.717, 1.165) is 17.7 Å². The van der Waals surface area contributed by atoms with Crippen molar-refractivity contribution in [2.45, 2.75) is 44.9 Å². The van der Waals surface area contributed by atoms with Crippen molar-refractivity contribution in [1.29, 1.82) is 0 Å². The molecule has 3 heterocycles. The van der Waals surface area contributed by atoms with E-state index in [1.807, 2.05) is 0 Å². The molecule has 8 nitrogen and oxygen atoms in total. The van der Waals surface area contributed by atoms with Crippen LogP contribution in [0.2, 0.25) is 0 Å². The van der Waals surface area contributed by atoms with Gasteiger partial charge >= 0.3 is 6.18 Å². The summed E-state index contributed by atoms with van der Waals surface area (Å²) in [4.78, 5) is 29.0. The zero-order chi connectivity index (χ0) is 21.5. The van der Waals surface area contributed by atoms with Crippen molar-refractivity contribution in [3.8, 4) is 11.5 Å². The molecule has 0 spiro atoms. The highest BCUT2D eigenvalue weighted by Crippen LogP contribution is 2.44. The number of fused-ring (bicyclic) bond motifs is 1. The summed E-state index contributed by atoms with van der Waals surface area (Å²) in [6.45, 7) is 0.660. The van der Waals surface area contributed by atoms with Crippen LogP contribution in [0, 0.1) is 11.8 Å².